The maximum Gasteiger partial charge on any atom is 0.245 e. The molecule has 5 nitrogen and oxygen atoms in total. The van der Waals surface area contributed by atoms with E-state index in [1.165, 1.54) is 0 Å². The summed E-state index contributed by atoms with van der Waals surface area (Å²) in [7, 11) is 0. The number of hydrogen-bond donors (Lipinski definition) is 1. The Morgan fingerprint density at radius 3 is 2.43 bits per heavy atom. The highest BCUT2D eigenvalue weighted by Gasteiger charge is 2.37. The summed E-state index contributed by atoms with van der Waals surface area (Å²) in [5, 5.41) is 0. The third-order valence-electron chi connectivity index (χ3n) is 4.92. The highest BCUT2D eigenvalue weighted by Crippen LogP contribution is 2.25. The first-order chi connectivity index (χ1) is 10.0. The normalized spacial score (nSPS) is 25.2. The van der Waals surface area contributed by atoms with Crippen LogP contribution in [0.4, 0.5) is 0 Å². The van der Waals surface area contributed by atoms with Crippen LogP contribution in [0.5, 0.6) is 0 Å². The highest BCUT2D eigenvalue weighted by molar-refractivity contribution is 5.88. The molecule has 0 aromatic heterocycles. The van der Waals surface area contributed by atoms with Gasteiger partial charge in [0.1, 0.15) is 6.04 Å². The molecule has 2 aliphatic rings. The molecule has 0 aromatic rings. The smallest absolute Gasteiger partial charge is 0.245 e. The first-order valence-corrected chi connectivity index (χ1v) is 8.38. The van der Waals surface area contributed by atoms with Gasteiger partial charge in [-0.3, -0.25) is 9.59 Å². The van der Waals surface area contributed by atoms with Crippen molar-refractivity contribution in [2.45, 2.75) is 64.5 Å². The molecule has 2 unspecified atom stereocenters. The monoisotopic (exact) mass is 295 g/mol. The second-order valence-corrected chi connectivity index (χ2v) is 6.52. The fraction of sp³-hybridized carbons (Fsp3) is 0.875. The average Bonchev–Trinajstić information content (AvgIpc) is 2.96. The zero-order valence-corrected chi connectivity index (χ0v) is 13.4. The molecule has 0 radical (unpaired) electrons. The zero-order valence-electron chi connectivity index (χ0n) is 13.4. The molecule has 2 rings (SSSR count). The predicted molar refractivity (Wildman–Crippen MR) is 82.6 cm³/mol. The van der Waals surface area contributed by atoms with Gasteiger partial charge in [0.15, 0.2) is 0 Å². The average molecular weight is 295 g/mol. The molecule has 2 fully saturated rings. The lowest BCUT2D eigenvalue weighted by Crippen LogP contribution is -2.51. The van der Waals surface area contributed by atoms with Gasteiger partial charge in [-0.2, -0.15) is 0 Å². The maximum absolute atomic E-state index is 12.7. The Morgan fingerprint density at radius 1 is 1.19 bits per heavy atom. The molecule has 5 heteroatoms. The maximum atomic E-state index is 12.7. The molecule has 0 saturated carbocycles. The topological polar surface area (TPSA) is 66.6 Å². The molecule has 2 atom stereocenters. The van der Waals surface area contributed by atoms with E-state index in [2.05, 4.69) is 0 Å². The van der Waals surface area contributed by atoms with Gasteiger partial charge in [0.05, 0.1) is 0 Å². The van der Waals surface area contributed by atoms with Crippen molar-refractivity contribution >= 4 is 11.8 Å². The van der Waals surface area contributed by atoms with Gasteiger partial charge < -0.3 is 15.5 Å². The van der Waals surface area contributed by atoms with Crippen molar-refractivity contribution in [1.29, 1.82) is 0 Å². The molecule has 21 heavy (non-hydrogen) atoms. The summed E-state index contributed by atoms with van der Waals surface area (Å²) in [6.07, 6.45) is 5.13. The van der Waals surface area contributed by atoms with Crippen LogP contribution in [0.3, 0.4) is 0 Å². The number of nitrogens with two attached hydrogens (primary N) is 1. The van der Waals surface area contributed by atoms with E-state index in [4.69, 9.17) is 5.73 Å². The molecule has 2 aliphatic heterocycles. The summed E-state index contributed by atoms with van der Waals surface area (Å²) < 4.78 is 0. The Hall–Kier alpha value is -1.10. The minimum absolute atomic E-state index is 0.138. The van der Waals surface area contributed by atoms with Crippen LogP contribution in [0.1, 0.15) is 52.4 Å². The number of carbonyl (C=O) groups excluding carboxylic acids is 2. The van der Waals surface area contributed by atoms with E-state index in [0.29, 0.717) is 12.3 Å². The Bertz CT molecular complexity index is 376. The van der Waals surface area contributed by atoms with Crippen LogP contribution in [-0.2, 0) is 9.59 Å². The van der Waals surface area contributed by atoms with Crippen molar-refractivity contribution in [3.05, 3.63) is 0 Å². The molecule has 0 aliphatic carbocycles. The molecule has 0 spiro atoms. The van der Waals surface area contributed by atoms with Crippen molar-refractivity contribution in [3.63, 3.8) is 0 Å². The van der Waals surface area contributed by atoms with E-state index in [1.807, 2.05) is 23.6 Å². The van der Waals surface area contributed by atoms with Crippen LogP contribution < -0.4 is 5.73 Å². The Balaban J connectivity index is 1.92. The number of nitrogens with zero attached hydrogens (tertiary/aromatic N) is 2. The number of carbonyl (C=O) groups is 2. The quantitative estimate of drug-likeness (QED) is 0.851. The highest BCUT2D eigenvalue weighted by atomic mass is 16.2. The first-order valence-electron chi connectivity index (χ1n) is 8.38. The second-order valence-electron chi connectivity index (χ2n) is 6.52. The third-order valence-corrected chi connectivity index (χ3v) is 4.92. The van der Waals surface area contributed by atoms with E-state index in [9.17, 15) is 9.59 Å². The van der Waals surface area contributed by atoms with Crippen LogP contribution in [-0.4, -0.2) is 53.3 Å². The fourth-order valence-electron chi connectivity index (χ4n) is 3.54. The molecule has 0 bridgehead atoms. The molecule has 2 heterocycles. The largest absolute Gasteiger partial charge is 0.341 e. The Kier molecular flexibility index (Phi) is 5.62. The minimum atomic E-state index is -0.212. The van der Waals surface area contributed by atoms with Crippen molar-refractivity contribution in [2.24, 2.45) is 11.7 Å². The van der Waals surface area contributed by atoms with Crippen LogP contribution >= 0.6 is 0 Å². The zero-order chi connectivity index (χ0) is 15.4. The van der Waals surface area contributed by atoms with Gasteiger partial charge in [-0.15, -0.1) is 0 Å². The summed E-state index contributed by atoms with van der Waals surface area (Å²) in [6, 6.07) is -0.00716. The van der Waals surface area contributed by atoms with Gasteiger partial charge in [-0.1, -0.05) is 6.92 Å². The lowest BCUT2D eigenvalue weighted by Gasteiger charge is -2.36. The molecule has 2 N–H and O–H groups in total. The van der Waals surface area contributed by atoms with Crippen molar-refractivity contribution < 1.29 is 9.59 Å². The second kappa shape index (κ2) is 7.25. The number of likely N-dealkylation sites (tertiary alicyclic amines) is 2. The van der Waals surface area contributed by atoms with Gasteiger partial charge in [-0.05, 0) is 44.9 Å². The summed E-state index contributed by atoms with van der Waals surface area (Å²) in [5.74, 6) is 0.814. The van der Waals surface area contributed by atoms with Crippen LogP contribution in [0.25, 0.3) is 0 Å². The summed E-state index contributed by atoms with van der Waals surface area (Å²) in [5.41, 5.74) is 5.95. The molecular formula is C16H29N3O2. The van der Waals surface area contributed by atoms with E-state index < -0.39 is 0 Å². The number of piperidine rings is 1. The molecule has 0 aromatic carbocycles. The summed E-state index contributed by atoms with van der Waals surface area (Å²) in [6.45, 7) is 6.37. The molecular weight excluding hydrogens is 266 g/mol. The number of rotatable bonds is 4. The predicted octanol–water partition coefficient (Wildman–Crippen LogP) is 1.36. The standard InChI is InChI=1S/C16H29N3O2/c1-3-5-15(20)19-9-4-6-14(19)16(21)18-10-7-13(8-11-18)12(2)17/h12-14H,3-11,17H2,1-2H3. The summed E-state index contributed by atoms with van der Waals surface area (Å²) in [4.78, 5) is 28.6. The molecule has 2 saturated heterocycles. The first kappa shape index (κ1) is 16.3. The van der Waals surface area contributed by atoms with Gasteiger partial charge in [-0.25, -0.2) is 0 Å². The van der Waals surface area contributed by atoms with E-state index >= 15 is 0 Å². The van der Waals surface area contributed by atoms with Crippen molar-refractivity contribution in [1.82, 2.24) is 9.80 Å². The molecule has 120 valence electrons. The van der Waals surface area contributed by atoms with E-state index in [0.717, 1.165) is 51.7 Å². The lowest BCUT2D eigenvalue weighted by atomic mass is 9.90. The summed E-state index contributed by atoms with van der Waals surface area (Å²) >= 11 is 0. The lowest BCUT2D eigenvalue weighted by molar-refractivity contribution is -0.144. The molecule has 2 amide bonds. The fourth-order valence-corrected chi connectivity index (χ4v) is 3.54. The van der Waals surface area contributed by atoms with Crippen LogP contribution in [0, 0.1) is 5.92 Å². The Labute approximate surface area is 127 Å². The van der Waals surface area contributed by atoms with Gasteiger partial charge in [0.25, 0.3) is 0 Å². The van der Waals surface area contributed by atoms with Gasteiger partial charge >= 0.3 is 0 Å². The van der Waals surface area contributed by atoms with Crippen LogP contribution in [0.2, 0.25) is 0 Å². The Morgan fingerprint density at radius 2 is 1.86 bits per heavy atom. The number of hydrogen-bond acceptors (Lipinski definition) is 3. The number of amides is 2. The van der Waals surface area contributed by atoms with Crippen LogP contribution in [0.15, 0.2) is 0 Å². The minimum Gasteiger partial charge on any atom is -0.341 e. The van der Waals surface area contributed by atoms with Gasteiger partial charge in [0, 0.05) is 32.1 Å². The SMILES string of the molecule is CCCC(=O)N1CCCC1C(=O)N1CCC(C(C)N)CC1. The van der Waals surface area contributed by atoms with E-state index in [1.54, 1.807) is 0 Å². The van der Waals surface area contributed by atoms with Gasteiger partial charge in [0.2, 0.25) is 11.8 Å². The van der Waals surface area contributed by atoms with Crippen molar-refractivity contribution in [2.75, 3.05) is 19.6 Å². The van der Waals surface area contributed by atoms with Crippen molar-refractivity contribution in [3.8, 4) is 0 Å². The van der Waals surface area contributed by atoms with E-state index in [-0.39, 0.29) is 23.9 Å². The third kappa shape index (κ3) is 3.76.